The number of hydrogen-bond donors (Lipinski definition) is 1. The van der Waals surface area contributed by atoms with Crippen LogP contribution < -0.4 is 5.32 Å². The summed E-state index contributed by atoms with van der Waals surface area (Å²) < 4.78 is 28.3. The van der Waals surface area contributed by atoms with Crippen LogP contribution in [0.5, 0.6) is 0 Å². The molecule has 3 aromatic carbocycles. The molecule has 5 rings (SSSR count). The third-order valence-corrected chi connectivity index (χ3v) is 7.44. The summed E-state index contributed by atoms with van der Waals surface area (Å²) in [6.45, 7) is 4.06. The Hall–Kier alpha value is -3.78. The van der Waals surface area contributed by atoms with Crippen molar-refractivity contribution in [3.63, 3.8) is 0 Å². The first kappa shape index (κ1) is 21.1. The molecule has 1 atom stereocenters. The lowest BCUT2D eigenvalue weighted by Gasteiger charge is -2.17. The zero-order valence-corrected chi connectivity index (χ0v) is 19.1. The molecular formula is C25H23N5O2S. The quantitative estimate of drug-likeness (QED) is 0.392. The molecule has 7 nitrogen and oxygen atoms in total. The Morgan fingerprint density at radius 3 is 2.36 bits per heavy atom. The normalized spacial score (nSPS) is 12.8. The van der Waals surface area contributed by atoms with E-state index in [1.807, 2.05) is 80.6 Å². The molecule has 8 heteroatoms. The second kappa shape index (κ2) is 8.29. The Balaban J connectivity index is 1.66. The maximum atomic E-state index is 13.4. The van der Waals surface area contributed by atoms with Crippen LogP contribution in [0.2, 0.25) is 0 Å². The number of sulfone groups is 1. The highest BCUT2D eigenvalue weighted by Gasteiger charge is 2.27. The fourth-order valence-electron chi connectivity index (χ4n) is 3.88. The van der Waals surface area contributed by atoms with Crippen LogP contribution in [0, 0.1) is 0 Å². The molecule has 0 bridgehead atoms. The molecule has 166 valence electrons. The fraction of sp³-hybridized carbons (Fsp3) is 0.160. The lowest BCUT2D eigenvalue weighted by molar-refractivity contribution is 0.592. The highest BCUT2D eigenvalue weighted by atomic mass is 32.2. The van der Waals surface area contributed by atoms with Gasteiger partial charge in [0, 0.05) is 11.4 Å². The number of nitrogens with one attached hydrogen (secondary N) is 1. The molecule has 0 aliphatic carbocycles. The number of fused-ring (bicyclic) bond motifs is 3. The van der Waals surface area contributed by atoms with Crippen LogP contribution >= 0.6 is 0 Å². The molecule has 5 aromatic rings. The van der Waals surface area contributed by atoms with E-state index in [-0.39, 0.29) is 21.6 Å². The Kier molecular flexibility index (Phi) is 5.30. The van der Waals surface area contributed by atoms with Crippen molar-refractivity contribution in [3.8, 4) is 0 Å². The van der Waals surface area contributed by atoms with Crippen LogP contribution in [0.15, 0.2) is 88.8 Å². The zero-order chi connectivity index (χ0) is 23.0. The Morgan fingerprint density at radius 2 is 1.64 bits per heavy atom. The third kappa shape index (κ3) is 3.72. The van der Waals surface area contributed by atoms with Crippen LogP contribution in [0.4, 0.5) is 5.82 Å². The summed E-state index contributed by atoms with van der Waals surface area (Å²) in [6, 6.07) is 24.4. The van der Waals surface area contributed by atoms with Crippen molar-refractivity contribution in [2.24, 2.45) is 0 Å². The zero-order valence-electron chi connectivity index (χ0n) is 18.3. The largest absolute Gasteiger partial charge is 0.363 e. The Labute approximate surface area is 192 Å². The van der Waals surface area contributed by atoms with E-state index in [4.69, 9.17) is 4.98 Å². The van der Waals surface area contributed by atoms with Crippen molar-refractivity contribution in [3.05, 3.63) is 90.0 Å². The highest BCUT2D eigenvalue weighted by Crippen LogP contribution is 2.30. The second-order valence-corrected chi connectivity index (χ2v) is 9.75. The van der Waals surface area contributed by atoms with Gasteiger partial charge in [-0.05, 0) is 48.7 Å². The van der Waals surface area contributed by atoms with E-state index >= 15 is 0 Å². The minimum atomic E-state index is -3.90. The minimum Gasteiger partial charge on any atom is -0.363 e. The molecule has 1 N–H and O–H groups in total. The SMILES string of the molecule is CCc1ccc(S(=O)(=O)c2nnn3c2nc(N[C@@H](C)c2ccccc2)c2ccccc23)cc1. The van der Waals surface area contributed by atoms with Crippen molar-refractivity contribution < 1.29 is 8.42 Å². The molecule has 33 heavy (non-hydrogen) atoms. The molecular weight excluding hydrogens is 434 g/mol. The van der Waals surface area contributed by atoms with Gasteiger partial charge in [-0.25, -0.2) is 13.4 Å². The lowest BCUT2D eigenvalue weighted by Crippen LogP contribution is -2.10. The van der Waals surface area contributed by atoms with Crippen LogP contribution in [-0.2, 0) is 16.3 Å². The first-order valence-corrected chi connectivity index (χ1v) is 12.3. The number of rotatable bonds is 6. The van der Waals surface area contributed by atoms with E-state index in [9.17, 15) is 8.42 Å². The number of benzene rings is 3. The van der Waals surface area contributed by atoms with Gasteiger partial charge in [-0.1, -0.05) is 66.7 Å². The van der Waals surface area contributed by atoms with Crippen molar-refractivity contribution in [2.75, 3.05) is 5.32 Å². The maximum Gasteiger partial charge on any atom is 0.229 e. The van der Waals surface area contributed by atoms with Crippen molar-refractivity contribution in [1.29, 1.82) is 0 Å². The summed E-state index contributed by atoms with van der Waals surface area (Å²) in [5.74, 6) is 0.578. The summed E-state index contributed by atoms with van der Waals surface area (Å²) in [5.41, 5.74) is 3.07. The first-order chi connectivity index (χ1) is 16.0. The van der Waals surface area contributed by atoms with E-state index in [2.05, 4.69) is 15.6 Å². The predicted molar refractivity (Wildman–Crippen MR) is 128 cm³/mol. The van der Waals surface area contributed by atoms with E-state index in [0.29, 0.717) is 5.82 Å². The molecule has 0 radical (unpaired) electrons. The molecule has 0 amide bonds. The first-order valence-electron chi connectivity index (χ1n) is 10.8. The average Bonchev–Trinajstić information content (AvgIpc) is 3.30. The van der Waals surface area contributed by atoms with Gasteiger partial charge in [-0.2, -0.15) is 4.52 Å². The van der Waals surface area contributed by atoms with E-state index in [0.717, 1.165) is 28.5 Å². The van der Waals surface area contributed by atoms with Gasteiger partial charge in [0.1, 0.15) is 5.82 Å². The molecule has 0 saturated heterocycles. The van der Waals surface area contributed by atoms with E-state index in [1.165, 1.54) is 4.52 Å². The topological polar surface area (TPSA) is 89.2 Å². The Morgan fingerprint density at radius 1 is 0.939 bits per heavy atom. The van der Waals surface area contributed by atoms with Gasteiger partial charge in [0.2, 0.25) is 14.9 Å². The number of hydrogen-bond acceptors (Lipinski definition) is 6. The molecule has 0 spiro atoms. The van der Waals surface area contributed by atoms with Gasteiger partial charge in [-0.15, -0.1) is 5.10 Å². The van der Waals surface area contributed by atoms with Gasteiger partial charge >= 0.3 is 0 Å². The van der Waals surface area contributed by atoms with Crippen molar-refractivity contribution in [1.82, 2.24) is 19.8 Å². The van der Waals surface area contributed by atoms with Gasteiger partial charge in [0.05, 0.1) is 10.4 Å². The second-order valence-electron chi connectivity index (χ2n) is 7.89. The molecule has 0 fully saturated rings. The predicted octanol–water partition coefficient (Wildman–Crippen LogP) is 4.85. The summed E-state index contributed by atoms with van der Waals surface area (Å²) in [4.78, 5) is 4.87. The highest BCUT2D eigenvalue weighted by molar-refractivity contribution is 7.91. The molecule has 0 aliphatic rings. The summed E-state index contributed by atoms with van der Waals surface area (Å²) in [6.07, 6.45) is 0.831. The molecule has 0 saturated carbocycles. The number of aromatic nitrogens is 4. The van der Waals surface area contributed by atoms with Crippen molar-refractivity contribution in [2.45, 2.75) is 36.2 Å². The summed E-state index contributed by atoms with van der Waals surface area (Å²) in [5, 5.41) is 12.3. The Bertz CT molecular complexity index is 1550. The minimum absolute atomic E-state index is 0.0397. The monoisotopic (exact) mass is 457 g/mol. The number of aryl methyl sites for hydroxylation is 1. The van der Waals surface area contributed by atoms with Gasteiger partial charge < -0.3 is 5.32 Å². The standard InChI is InChI=1S/C25H23N5O2S/c1-3-18-13-15-20(16-14-18)33(31,32)25-24-27-23(26-17(2)19-9-5-4-6-10-19)21-11-7-8-12-22(21)30(24)29-28-25/h4-17H,3H2,1-2H3,(H,26,27)/t17-/m0/s1. The summed E-state index contributed by atoms with van der Waals surface area (Å²) >= 11 is 0. The van der Waals surface area contributed by atoms with Crippen LogP contribution in [-0.4, -0.2) is 28.2 Å². The van der Waals surface area contributed by atoms with Crippen LogP contribution in [0.3, 0.4) is 0 Å². The third-order valence-electron chi connectivity index (χ3n) is 5.77. The summed E-state index contributed by atoms with van der Waals surface area (Å²) in [7, 11) is -3.90. The molecule has 0 aliphatic heterocycles. The smallest absolute Gasteiger partial charge is 0.229 e. The van der Waals surface area contributed by atoms with Crippen molar-refractivity contribution >= 4 is 32.2 Å². The van der Waals surface area contributed by atoms with E-state index < -0.39 is 9.84 Å². The van der Waals surface area contributed by atoms with Gasteiger partial charge in [-0.3, -0.25) is 0 Å². The van der Waals surface area contributed by atoms with Crippen LogP contribution in [0.1, 0.15) is 31.0 Å². The fourth-order valence-corrected chi connectivity index (χ4v) is 5.11. The number of para-hydroxylation sites is 1. The molecule has 2 aromatic heterocycles. The molecule has 2 heterocycles. The van der Waals surface area contributed by atoms with Gasteiger partial charge in [0.15, 0.2) is 5.65 Å². The maximum absolute atomic E-state index is 13.4. The van der Waals surface area contributed by atoms with Crippen LogP contribution in [0.25, 0.3) is 16.6 Å². The average molecular weight is 458 g/mol. The lowest BCUT2D eigenvalue weighted by atomic mass is 10.1. The van der Waals surface area contributed by atoms with Gasteiger partial charge in [0.25, 0.3) is 0 Å². The number of anilines is 1. The number of nitrogens with zero attached hydrogens (tertiary/aromatic N) is 4. The van der Waals surface area contributed by atoms with E-state index in [1.54, 1.807) is 12.1 Å². The molecule has 0 unspecified atom stereocenters.